The molecule has 0 saturated heterocycles. The molecular formula is C15H18N2O3. The van der Waals surface area contributed by atoms with E-state index in [4.69, 9.17) is 9.47 Å². The number of fused-ring (bicyclic) bond motifs is 3. The highest BCUT2D eigenvalue weighted by Crippen LogP contribution is 2.34. The molecule has 3 rings (SSSR count). The van der Waals surface area contributed by atoms with E-state index in [-0.39, 0.29) is 5.97 Å². The monoisotopic (exact) mass is 274 g/mol. The van der Waals surface area contributed by atoms with Gasteiger partial charge in [0.05, 0.1) is 19.9 Å². The number of rotatable bonds is 2. The molecule has 5 nitrogen and oxygen atoms in total. The normalized spacial score (nSPS) is 17.9. The maximum Gasteiger partial charge on any atom is 0.329 e. The van der Waals surface area contributed by atoms with Crippen molar-refractivity contribution in [3.8, 4) is 5.75 Å². The Balaban J connectivity index is 2.24. The lowest BCUT2D eigenvalue weighted by atomic mass is 9.99. The van der Waals surface area contributed by atoms with E-state index in [1.54, 1.807) is 7.11 Å². The van der Waals surface area contributed by atoms with Gasteiger partial charge in [-0.1, -0.05) is 0 Å². The first-order valence-corrected chi connectivity index (χ1v) is 6.63. The number of aromatic nitrogens is 1. The lowest BCUT2D eigenvalue weighted by molar-refractivity contribution is -0.143. The van der Waals surface area contributed by atoms with Crippen LogP contribution in [-0.4, -0.2) is 31.3 Å². The summed E-state index contributed by atoms with van der Waals surface area (Å²) in [6, 6.07) is 5.61. The highest BCUT2D eigenvalue weighted by atomic mass is 16.5. The number of hydrogen-bond donors (Lipinski definition) is 1. The molecule has 0 amide bonds. The smallest absolute Gasteiger partial charge is 0.329 e. The number of benzene rings is 1. The number of methoxy groups -OCH3 is 2. The molecule has 1 atom stereocenters. The van der Waals surface area contributed by atoms with E-state index in [1.165, 1.54) is 12.7 Å². The van der Waals surface area contributed by atoms with Crippen molar-refractivity contribution in [2.24, 2.45) is 7.05 Å². The average Bonchev–Trinajstić information content (AvgIpc) is 2.79. The molecule has 106 valence electrons. The number of esters is 1. The molecule has 20 heavy (non-hydrogen) atoms. The van der Waals surface area contributed by atoms with Crippen LogP contribution in [0.4, 0.5) is 0 Å². The molecule has 2 aromatic rings. The number of nitrogens with one attached hydrogen (secondary N) is 1. The van der Waals surface area contributed by atoms with Crippen LogP contribution in [0.1, 0.15) is 17.3 Å². The summed E-state index contributed by atoms with van der Waals surface area (Å²) in [5, 5.41) is 4.38. The second-order valence-corrected chi connectivity index (χ2v) is 4.97. The van der Waals surface area contributed by atoms with E-state index in [1.807, 2.05) is 25.2 Å². The maximum atomic E-state index is 12.0. The first kappa shape index (κ1) is 13.0. The molecule has 1 aromatic heterocycles. The molecule has 2 heterocycles. The van der Waals surface area contributed by atoms with Crippen molar-refractivity contribution < 1.29 is 14.3 Å². The van der Waals surface area contributed by atoms with Crippen LogP contribution in [0.3, 0.4) is 0 Å². The molecule has 1 unspecified atom stereocenters. The van der Waals surface area contributed by atoms with Crippen LogP contribution in [0.5, 0.6) is 5.75 Å². The third-order valence-electron chi connectivity index (χ3n) is 3.99. The highest BCUT2D eigenvalue weighted by Gasteiger charge is 2.31. The van der Waals surface area contributed by atoms with Crippen molar-refractivity contribution in [2.45, 2.75) is 12.5 Å². The summed E-state index contributed by atoms with van der Waals surface area (Å²) >= 11 is 0. The molecule has 0 saturated carbocycles. The third kappa shape index (κ3) is 1.78. The van der Waals surface area contributed by atoms with Gasteiger partial charge in [0.2, 0.25) is 0 Å². The SMILES string of the molecule is COC(=O)C1NCCc2c1n(C)c1ccc(OC)cc21. The number of nitrogens with zero attached hydrogens (tertiary/aromatic N) is 1. The van der Waals surface area contributed by atoms with Crippen LogP contribution in [0.25, 0.3) is 10.9 Å². The number of ether oxygens (including phenoxy) is 2. The zero-order chi connectivity index (χ0) is 14.3. The van der Waals surface area contributed by atoms with Crippen LogP contribution >= 0.6 is 0 Å². The number of carbonyl (C=O) groups is 1. The first-order chi connectivity index (χ1) is 9.67. The molecule has 0 radical (unpaired) electrons. The molecule has 1 aliphatic rings. The van der Waals surface area contributed by atoms with Gasteiger partial charge in [0.25, 0.3) is 0 Å². The van der Waals surface area contributed by atoms with Gasteiger partial charge in [-0.3, -0.25) is 5.32 Å². The number of carbonyl (C=O) groups excluding carboxylic acids is 1. The minimum absolute atomic E-state index is 0.246. The fraction of sp³-hybridized carbons (Fsp3) is 0.400. The summed E-state index contributed by atoms with van der Waals surface area (Å²) in [7, 11) is 5.07. The lowest BCUT2D eigenvalue weighted by Gasteiger charge is -2.23. The van der Waals surface area contributed by atoms with Gasteiger partial charge in [0, 0.05) is 24.5 Å². The summed E-state index contributed by atoms with van der Waals surface area (Å²) in [6.45, 7) is 0.767. The predicted molar refractivity (Wildman–Crippen MR) is 75.9 cm³/mol. The Morgan fingerprint density at radius 3 is 2.90 bits per heavy atom. The average molecular weight is 274 g/mol. The van der Waals surface area contributed by atoms with E-state index < -0.39 is 6.04 Å². The van der Waals surface area contributed by atoms with Crippen molar-refractivity contribution in [2.75, 3.05) is 20.8 Å². The van der Waals surface area contributed by atoms with E-state index in [9.17, 15) is 4.79 Å². The van der Waals surface area contributed by atoms with Gasteiger partial charge in [-0.05, 0) is 30.2 Å². The zero-order valence-electron chi connectivity index (χ0n) is 11.9. The summed E-state index contributed by atoms with van der Waals surface area (Å²) in [4.78, 5) is 12.0. The Bertz CT molecular complexity index is 675. The van der Waals surface area contributed by atoms with Crippen LogP contribution in [-0.2, 0) is 23.0 Å². The molecule has 5 heteroatoms. The van der Waals surface area contributed by atoms with Gasteiger partial charge in [0.1, 0.15) is 11.8 Å². The Morgan fingerprint density at radius 2 is 2.20 bits per heavy atom. The summed E-state index contributed by atoms with van der Waals surface area (Å²) in [5.74, 6) is 0.586. The minimum Gasteiger partial charge on any atom is -0.497 e. The fourth-order valence-corrected chi connectivity index (χ4v) is 3.03. The Kier molecular flexibility index (Phi) is 3.14. The van der Waals surface area contributed by atoms with Crippen molar-refractivity contribution in [3.63, 3.8) is 0 Å². The Labute approximate surface area is 117 Å². The van der Waals surface area contributed by atoms with Crippen molar-refractivity contribution in [1.29, 1.82) is 0 Å². The largest absolute Gasteiger partial charge is 0.497 e. The maximum absolute atomic E-state index is 12.0. The summed E-state index contributed by atoms with van der Waals surface area (Å²) in [6.07, 6.45) is 0.896. The number of aryl methyl sites for hydroxylation is 1. The predicted octanol–water partition coefficient (Wildman–Crippen LogP) is 1.55. The second-order valence-electron chi connectivity index (χ2n) is 4.97. The van der Waals surface area contributed by atoms with Gasteiger partial charge in [-0.25, -0.2) is 4.79 Å². The summed E-state index contributed by atoms with van der Waals surface area (Å²) < 4.78 is 12.3. The van der Waals surface area contributed by atoms with Crippen molar-refractivity contribution >= 4 is 16.9 Å². The fourth-order valence-electron chi connectivity index (χ4n) is 3.03. The zero-order valence-corrected chi connectivity index (χ0v) is 11.9. The summed E-state index contributed by atoms with van der Waals surface area (Å²) in [5.41, 5.74) is 3.30. The molecule has 1 aromatic carbocycles. The molecule has 0 fully saturated rings. The van der Waals surface area contributed by atoms with E-state index in [0.717, 1.165) is 35.3 Å². The minimum atomic E-state index is -0.396. The third-order valence-corrected chi connectivity index (χ3v) is 3.99. The van der Waals surface area contributed by atoms with Crippen molar-refractivity contribution in [1.82, 2.24) is 9.88 Å². The lowest BCUT2D eigenvalue weighted by Crippen LogP contribution is -2.36. The van der Waals surface area contributed by atoms with Gasteiger partial charge in [-0.15, -0.1) is 0 Å². The van der Waals surface area contributed by atoms with Crippen molar-refractivity contribution in [3.05, 3.63) is 29.5 Å². The van der Waals surface area contributed by atoms with Gasteiger partial charge < -0.3 is 14.0 Å². The Morgan fingerprint density at radius 1 is 1.40 bits per heavy atom. The van der Waals surface area contributed by atoms with Crippen LogP contribution < -0.4 is 10.1 Å². The second kappa shape index (κ2) is 4.83. The van der Waals surface area contributed by atoms with E-state index in [0.29, 0.717) is 0 Å². The van der Waals surface area contributed by atoms with Gasteiger partial charge in [0.15, 0.2) is 0 Å². The molecular weight excluding hydrogens is 256 g/mol. The van der Waals surface area contributed by atoms with E-state index >= 15 is 0 Å². The molecule has 0 aliphatic carbocycles. The topological polar surface area (TPSA) is 52.5 Å². The molecule has 1 N–H and O–H groups in total. The van der Waals surface area contributed by atoms with Gasteiger partial charge >= 0.3 is 5.97 Å². The highest BCUT2D eigenvalue weighted by molar-refractivity contribution is 5.90. The standard InChI is InChI=1S/C15H18N2O3/c1-17-12-5-4-9(19-2)8-11(12)10-6-7-16-13(14(10)17)15(18)20-3/h4-5,8,13,16H,6-7H2,1-3H3. The Hall–Kier alpha value is -2.01. The van der Waals surface area contributed by atoms with E-state index in [2.05, 4.69) is 9.88 Å². The van der Waals surface area contributed by atoms with Crippen LogP contribution in [0.15, 0.2) is 18.2 Å². The van der Waals surface area contributed by atoms with Crippen LogP contribution in [0.2, 0.25) is 0 Å². The first-order valence-electron chi connectivity index (χ1n) is 6.63. The molecule has 1 aliphatic heterocycles. The molecule has 0 bridgehead atoms. The number of hydrogen-bond acceptors (Lipinski definition) is 4. The quantitative estimate of drug-likeness (QED) is 0.844. The molecule has 0 spiro atoms. The van der Waals surface area contributed by atoms with Crippen LogP contribution in [0, 0.1) is 0 Å². The van der Waals surface area contributed by atoms with Gasteiger partial charge in [-0.2, -0.15) is 0 Å².